The van der Waals surface area contributed by atoms with E-state index in [0.29, 0.717) is 0 Å². The maximum atomic E-state index is 4.03. The standard InChI is InChI=1S/C8H15N/c1-9-6-5-8(7-9)3-2-4-8/h9H,1-7H2. The van der Waals surface area contributed by atoms with Crippen molar-refractivity contribution in [1.29, 1.82) is 0 Å². The molecule has 0 amide bonds. The van der Waals surface area contributed by atoms with Gasteiger partial charge in [-0.15, -0.1) is 0 Å². The van der Waals surface area contributed by atoms with E-state index in [2.05, 4.69) is 7.05 Å². The summed E-state index contributed by atoms with van der Waals surface area (Å²) < 4.78 is 0. The lowest BCUT2D eigenvalue weighted by Crippen LogP contribution is -3.05. The van der Waals surface area contributed by atoms with Crippen LogP contribution in [0.4, 0.5) is 0 Å². The van der Waals surface area contributed by atoms with Crippen molar-refractivity contribution in [2.45, 2.75) is 25.7 Å². The van der Waals surface area contributed by atoms with Crippen molar-refractivity contribution in [2.75, 3.05) is 13.1 Å². The fourth-order valence-corrected chi connectivity index (χ4v) is 2.25. The highest BCUT2D eigenvalue weighted by Gasteiger charge is 2.42. The van der Waals surface area contributed by atoms with Gasteiger partial charge in [0.1, 0.15) is 0 Å². The molecule has 1 heterocycles. The molecule has 1 spiro atoms. The molecule has 0 aromatic heterocycles. The topological polar surface area (TPSA) is 4.44 Å². The van der Waals surface area contributed by atoms with Crippen LogP contribution in [-0.4, -0.2) is 13.1 Å². The first-order chi connectivity index (χ1) is 4.31. The van der Waals surface area contributed by atoms with Crippen molar-refractivity contribution in [1.82, 2.24) is 0 Å². The molecule has 1 nitrogen and oxygen atoms in total. The Balaban J connectivity index is 1.99. The van der Waals surface area contributed by atoms with Gasteiger partial charge in [-0.25, -0.2) is 0 Å². The molecule has 1 unspecified atom stereocenters. The Morgan fingerprint density at radius 3 is 2.22 bits per heavy atom. The van der Waals surface area contributed by atoms with Gasteiger partial charge >= 0.3 is 0 Å². The molecule has 0 aromatic carbocycles. The predicted octanol–water partition coefficient (Wildman–Crippen LogP) is 0.237. The molecule has 2 aliphatic rings. The number of rotatable bonds is 0. The van der Waals surface area contributed by atoms with Crippen LogP contribution in [0.25, 0.3) is 0 Å². The Morgan fingerprint density at radius 1 is 1.22 bits per heavy atom. The minimum absolute atomic E-state index is 0.789. The molecule has 1 aliphatic heterocycles. The minimum Gasteiger partial charge on any atom is -0.467 e. The number of nitrogens with one attached hydrogen (secondary N) is 1. The van der Waals surface area contributed by atoms with Crippen molar-refractivity contribution >= 4 is 0 Å². The van der Waals surface area contributed by atoms with Crippen LogP contribution >= 0.6 is 0 Å². The summed E-state index contributed by atoms with van der Waals surface area (Å²) in [5.74, 6) is 0. The molecule has 0 bridgehead atoms. The second-order valence-corrected chi connectivity index (χ2v) is 3.78. The molecule has 1 N–H and O–H groups in total. The normalized spacial score (nSPS) is 39.0. The van der Waals surface area contributed by atoms with Gasteiger partial charge in [-0.1, -0.05) is 6.42 Å². The van der Waals surface area contributed by atoms with Crippen LogP contribution in [0.15, 0.2) is 0 Å². The average molecular weight is 125 g/mol. The van der Waals surface area contributed by atoms with Crippen LogP contribution < -0.4 is 4.90 Å². The van der Waals surface area contributed by atoms with Crippen molar-refractivity contribution in [3.05, 3.63) is 7.05 Å². The van der Waals surface area contributed by atoms with E-state index in [1.165, 1.54) is 43.7 Å². The fraction of sp³-hybridized carbons (Fsp3) is 0.875. The molecule has 9 heavy (non-hydrogen) atoms. The van der Waals surface area contributed by atoms with E-state index in [9.17, 15) is 0 Å². The first-order valence-corrected chi connectivity index (χ1v) is 3.97. The van der Waals surface area contributed by atoms with Crippen LogP contribution in [0, 0.1) is 12.5 Å². The lowest BCUT2D eigenvalue weighted by atomic mass is 9.68. The molecule has 1 atom stereocenters. The molecular formula is C8H15N. The van der Waals surface area contributed by atoms with E-state index >= 15 is 0 Å². The molecule has 0 aromatic rings. The number of hydrogen-bond donors (Lipinski definition) is 1. The summed E-state index contributed by atoms with van der Waals surface area (Å²) in [5, 5.41) is 0. The second kappa shape index (κ2) is 1.72. The Labute approximate surface area is 57.0 Å². The maximum Gasteiger partial charge on any atom is 0.0589 e. The molecule has 2 rings (SSSR count). The molecule has 0 radical (unpaired) electrons. The van der Waals surface area contributed by atoms with E-state index in [1.54, 1.807) is 0 Å². The van der Waals surface area contributed by atoms with E-state index in [4.69, 9.17) is 0 Å². The van der Waals surface area contributed by atoms with Crippen LogP contribution in [-0.2, 0) is 0 Å². The molecule has 1 aliphatic carbocycles. The third-order valence-electron chi connectivity index (χ3n) is 3.05. The summed E-state index contributed by atoms with van der Waals surface area (Å²) in [6.45, 7) is 2.67. The van der Waals surface area contributed by atoms with Crippen LogP contribution in [0.1, 0.15) is 25.7 Å². The van der Waals surface area contributed by atoms with E-state index in [0.717, 1.165) is 5.41 Å². The molecular weight excluding hydrogens is 110 g/mol. The summed E-state index contributed by atoms with van der Waals surface area (Å²) in [6, 6.07) is 0. The SMILES string of the molecule is [CH2-][NH+]1CCC2(CCC2)C1. The summed E-state index contributed by atoms with van der Waals surface area (Å²) in [7, 11) is 4.03. The molecule has 2 fully saturated rings. The Morgan fingerprint density at radius 2 is 2.00 bits per heavy atom. The first kappa shape index (κ1) is 5.72. The third kappa shape index (κ3) is 0.787. The van der Waals surface area contributed by atoms with Gasteiger partial charge in [0.2, 0.25) is 0 Å². The maximum absolute atomic E-state index is 4.03. The van der Waals surface area contributed by atoms with Crippen molar-refractivity contribution < 1.29 is 4.90 Å². The van der Waals surface area contributed by atoms with Crippen molar-refractivity contribution in [3.8, 4) is 0 Å². The highest BCUT2D eigenvalue weighted by Crippen LogP contribution is 2.43. The highest BCUT2D eigenvalue weighted by molar-refractivity contribution is 4.89. The van der Waals surface area contributed by atoms with Gasteiger partial charge in [-0.3, -0.25) is 0 Å². The quantitative estimate of drug-likeness (QED) is 0.442. The van der Waals surface area contributed by atoms with Gasteiger partial charge in [-0.2, -0.15) is 7.05 Å². The van der Waals surface area contributed by atoms with Crippen molar-refractivity contribution in [2.24, 2.45) is 5.41 Å². The van der Waals surface area contributed by atoms with Gasteiger partial charge < -0.3 is 4.90 Å². The predicted molar refractivity (Wildman–Crippen MR) is 37.0 cm³/mol. The smallest absolute Gasteiger partial charge is 0.0589 e. The molecule has 1 heteroatoms. The van der Waals surface area contributed by atoms with Gasteiger partial charge in [0, 0.05) is 11.8 Å². The fourth-order valence-electron chi connectivity index (χ4n) is 2.25. The van der Waals surface area contributed by atoms with Crippen molar-refractivity contribution in [3.63, 3.8) is 0 Å². The molecule has 1 saturated carbocycles. The number of hydrogen-bond acceptors (Lipinski definition) is 0. The van der Waals surface area contributed by atoms with E-state index in [-0.39, 0.29) is 0 Å². The summed E-state index contributed by atoms with van der Waals surface area (Å²) in [5.41, 5.74) is 0.789. The van der Waals surface area contributed by atoms with E-state index in [1.807, 2.05) is 0 Å². The zero-order valence-corrected chi connectivity index (χ0v) is 5.95. The van der Waals surface area contributed by atoms with E-state index < -0.39 is 0 Å². The first-order valence-electron chi connectivity index (χ1n) is 3.97. The zero-order chi connectivity index (χ0) is 6.32. The van der Waals surface area contributed by atoms with Gasteiger partial charge in [0.25, 0.3) is 0 Å². The second-order valence-electron chi connectivity index (χ2n) is 3.78. The summed E-state index contributed by atoms with van der Waals surface area (Å²) in [4.78, 5) is 1.51. The molecule has 1 saturated heterocycles. The Kier molecular flexibility index (Phi) is 1.10. The van der Waals surface area contributed by atoms with Gasteiger partial charge in [0.15, 0.2) is 0 Å². The monoisotopic (exact) mass is 125 g/mol. The minimum atomic E-state index is 0.789. The average Bonchev–Trinajstić information content (AvgIpc) is 2.09. The highest BCUT2D eigenvalue weighted by atomic mass is 15.1. The van der Waals surface area contributed by atoms with Crippen LogP contribution in [0.3, 0.4) is 0 Å². The number of likely N-dealkylation sites (tertiary alicyclic amines) is 1. The number of quaternary nitrogens is 1. The van der Waals surface area contributed by atoms with Crippen LogP contribution in [0.2, 0.25) is 0 Å². The Bertz CT molecular complexity index is 116. The van der Waals surface area contributed by atoms with Gasteiger partial charge in [0.05, 0.1) is 13.1 Å². The zero-order valence-electron chi connectivity index (χ0n) is 5.95. The third-order valence-corrected chi connectivity index (χ3v) is 3.05. The molecule has 52 valence electrons. The summed E-state index contributed by atoms with van der Waals surface area (Å²) in [6.07, 6.45) is 5.91. The lowest BCUT2D eigenvalue weighted by Gasteiger charge is -2.36. The Hall–Kier alpha value is -0.0400. The van der Waals surface area contributed by atoms with Crippen LogP contribution in [0.5, 0.6) is 0 Å². The largest absolute Gasteiger partial charge is 0.467 e. The summed E-state index contributed by atoms with van der Waals surface area (Å²) >= 11 is 0. The lowest BCUT2D eigenvalue weighted by molar-refractivity contribution is -0.843. The van der Waals surface area contributed by atoms with Gasteiger partial charge in [-0.05, 0) is 12.8 Å².